The molecular formula is C20H21NO. The van der Waals surface area contributed by atoms with Gasteiger partial charge in [-0.05, 0) is 50.1 Å². The van der Waals surface area contributed by atoms with Gasteiger partial charge in [0.15, 0.2) is 0 Å². The molecule has 22 heavy (non-hydrogen) atoms. The number of likely N-dealkylation sites (N-methyl/N-ethyl adjacent to an activating group) is 1. The SMILES string of the molecule is Cc1cccc2c1N(C)C1(C=Cc3ccccc3O1)C2(C)C. The van der Waals surface area contributed by atoms with Crippen molar-refractivity contribution in [1.29, 1.82) is 0 Å². The first kappa shape index (κ1) is 13.4. The molecule has 0 aromatic heterocycles. The number of nitrogens with zero attached hydrogens (tertiary/aromatic N) is 1. The van der Waals surface area contributed by atoms with E-state index in [0.717, 1.165) is 11.3 Å². The molecule has 2 aliphatic rings. The third kappa shape index (κ3) is 1.45. The Balaban J connectivity index is 1.94. The summed E-state index contributed by atoms with van der Waals surface area (Å²) < 4.78 is 6.58. The van der Waals surface area contributed by atoms with Gasteiger partial charge in [-0.25, -0.2) is 0 Å². The van der Waals surface area contributed by atoms with Gasteiger partial charge in [0.25, 0.3) is 0 Å². The van der Waals surface area contributed by atoms with E-state index in [-0.39, 0.29) is 5.41 Å². The largest absolute Gasteiger partial charge is 0.463 e. The van der Waals surface area contributed by atoms with Crippen molar-refractivity contribution in [2.75, 3.05) is 11.9 Å². The summed E-state index contributed by atoms with van der Waals surface area (Å²) in [5.41, 5.74) is 4.46. The van der Waals surface area contributed by atoms with Gasteiger partial charge in [-0.1, -0.05) is 36.4 Å². The van der Waals surface area contributed by atoms with Crippen LogP contribution in [0.2, 0.25) is 0 Å². The zero-order chi connectivity index (χ0) is 15.5. The molecule has 2 aliphatic heterocycles. The maximum absolute atomic E-state index is 6.58. The third-order valence-corrected chi connectivity index (χ3v) is 5.31. The van der Waals surface area contributed by atoms with Crippen molar-refractivity contribution >= 4 is 11.8 Å². The maximum Gasteiger partial charge on any atom is 0.211 e. The average Bonchev–Trinajstić information content (AvgIpc) is 2.67. The Labute approximate surface area is 132 Å². The van der Waals surface area contributed by atoms with E-state index < -0.39 is 5.72 Å². The highest BCUT2D eigenvalue weighted by molar-refractivity contribution is 5.74. The number of ether oxygens (including phenoxy) is 1. The Morgan fingerprint density at radius 2 is 1.77 bits per heavy atom. The molecule has 1 unspecified atom stereocenters. The van der Waals surface area contributed by atoms with Gasteiger partial charge < -0.3 is 9.64 Å². The highest BCUT2D eigenvalue weighted by Crippen LogP contribution is 2.54. The summed E-state index contributed by atoms with van der Waals surface area (Å²) in [6, 6.07) is 14.8. The molecule has 2 heteroatoms. The van der Waals surface area contributed by atoms with Gasteiger partial charge >= 0.3 is 0 Å². The molecule has 0 fully saturated rings. The van der Waals surface area contributed by atoms with Crippen LogP contribution in [0.1, 0.15) is 30.5 Å². The molecule has 0 bridgehead atoms. The van der Waals surface area contributed by atoms with Gasteiger partial charge in [0.2, 0.25) is 5.72 Å². The van der Waals surface area contributed by atoms with E-state index in [1.807, 2.05) is 12.1 Å². The zero-order valence-corrected chi connectivity index (χ0v) is 13.6. The van der Waals surface area contributed by atoms with Crippen molar-refractivity contribution in [3.63, 3.8) is 0 Å². The first-order valence-corrected chi connectivity index (χ1v) is 7.78. The monoisotopic (exact) mass is 291 g/mol. The second-order valence-electron chi connectivity index (χ2n) is 6.82. The van der Waals surface area contributed by atoms with E-state index in [4.69, 9.17) is 4.74 Å². The number of hydrogen-bond donors (Lipinski definition) is 0. The molecule has 0 N–H and O–H groups in total. The normalized spacial score (nSPS) is 24.1. The summed E-state index contributed by atoms with van der Waals surface area (Å²) in [6.07, 6.45) is 4.41. The molecule has 0 amide bonds. The number of rotatable bonds is 0. The Bertz CT molecular complexity index is 790. The molecule has 2 aromatic carbocycles. The Morgan fingerprint density at radius 3 is 2.55 bits per heavy atom. The molecule has 112 valence electrons. The van der Waals surface area contributed by atoms with E-state index >= 15 is 0 Å². The fourth-order valence-corrected chi connectivity index (χ4v) is 4.02. The topological polar surface area (TPSA) is 12.5 Å². The Kier molecular flexibility index (Phi) is 2.54. The van der Waals surface area contributed by atoms with Gasteiger partial charge in [-0.15, -0.1) is 0 Å². The molecule has 0 saturated carbocycles. The molecule has 0 radical (unpaired) electrons. The van der Waals surface area contributed by atoms with Crippen LogP contribution in [0.3, 0.4) is 0 Å². The molecule has 1 atom stereocenters. The van der Waals surface area contributed by atoms with Gasteiger partial charge in [0.1, 0.15) is 5.75 Å². The molecule has 0 saturated heterocycles. The van der Waals surface area contributed by atoms with Crippen molar-refractivity contribution in [3.05, 3.63) is 65.2 Å². The highest BCUT2D eigenvalue weighted by atomic mass is 16.5. The fourth-order valence-electron chi connectivity index (χ4n) is 4.02. The Morgan fingerprint density at radius 1 is 1.00 bits per heavy atom. The lowest BCUT2D eigenvalue weighted by Crippen LogP contribution is -2.58. The minimum atomic E-state index is -0.476. The minimum Gasteiger partial charge on any atom is -0.463 e. The minimum absolute atomic E-state index is 0.132. The molecule has 2 heterocycles. The van der Waals surface area contributed by atoms with Gasteiger partial charge in [-0.3, -0.25) is 0 Å². The van der Waals surface area contributed by atoms with E-state index in [9.17, 15) is 0 Å². The van der Waals surface area contributed by atoms with Crippen LogP contribution in [0.5, 0.6) is 5.75 Å². The number of fused-ring (bicyclic) bond motifs is 2. The molecule has 0 aliphatic carbocycles. The van der Waals surface area contributed by atoms with Crippen LogP contribution in [-0.4, -0.2) is 12.8 Å². The highest BCUT2D eigenvalue weighted by Gasteiger charge is 2.57. The van der Waals surface area contributed by atoms with Gasteiger partial charge in [0.05, 0.1) is 5.41 Å². The summed E-state index contributed by atoms with van der Waals surface area (Å²) >= 11 is 0. The van der Waals surface area contributed by atoms with Gasteiger partial charge in [-0.2, -0.15) is 0 Å². The van der Waals surface area contributed by atoms with Crippen molar-refractivity contribution in [3.8, 4) is 5.75 Å². The molecule has 2 aromatic rings. The zero-order valence-electron chi connectivity index (χ0n) is 13.6. The second-order valence-corrected chi connectivity index (χ2v) is 6.82. The Hall–Kier alpha value is -2.22. The molecule has 2 nitrogen and oxygen atoms in total. The number of hydrogen-bond acceptors (Lipinski definition) is 2. The molecular weight excluding hydrogens is 270 g/mol. The maximum atomic E-state index is 6.58. The fraction of sp³-hybridized carbons (Fsp3) is 0.300. The van der Waals surface area contributed by atoms with E-state index in [2.05, 4.69) is 75.2 Å². The van der Waals surface area contributed by atoms with Crippen LogP contribution < -0.4 is 9.64 Å². The predicted octanol–water partition coefficient (Wildman–Crippen LogP) is 4.52. The lowest BCUT2D eigenvalue weighted by Gasteiger charge is -2.45. The first-order chi connectivity index (χ1) is 10.5. The van der Waals surface area contributed by atoms with Crippen molar-refractivity contribution in [1.82, 2.24) is 0 Å². The van der Waals surface area contributed by atoms with Gasteiger partial charge in [0, 0.05) is 18.3 Å². The second kappa shape index (κ2) is 4.16. The smallest absolute Gasteiger partial charge is 0.211 e. The summed E-state index contributed by atoms with van der Waals surface area (Å²) in [5, 5.41) is 0. The van der Waals surface area contributed by atoms with E-state index in [1.165, 1.54) is 16.8 Å². The van der Waals surface area contributed by atoms with Crippen LogP contribution >= 0.6 is 0 Å². The average molecular weight is 291 g/mol. The summed E-state index contributed by atoms with van der Waals surface area (Å²) in [7, 11) is 2.14. The number of benzene rings is 2. The third-order valence-electron chi connectivity index (χ3n) is 5.31. The number of aryl methyl sites for hydroxylation is 1. The summed E-state index contributed by atoms with van der Waals surface area (Å²) in [5.74, 6) is 0.954. The van der Waals surface area contributed by atoms with E-state index in [0.29, 0.717) is 0 Å². The van der Waals surface area contributed by atoms with Crippen molar-refractivity contribution in [2.45, 2.75) is 31.9 Å². The standard InChI is InChI=1S/C20H21NO/c1-14-8-7-10-16-18(14)21(4)20(19(16,2)3)13-12-15-9-5-6-11-17(15)22-20/h5-13H,1-4H3. The predicted molar refractivity (Wildman–Crippen MR) is 91.4 cm³/mol. The first-order valence-electron chi connectivity index (χ1n) is 7.78. The van der Waals surface area contributed by atoms with Crippen molar-refractivity contribution < 1.29 is 4.74 Å². The lowest BCUT2D eigenvalue weighted by atomic mass is 9.76. The van der Waals surface area contributed by atoms with Crippen LogP contribution in [0, 0.1) is 6.92 Å². The summed E-state index contributed by atoms with van der Waals surface area (Å²) in [4.78, 5) is 2.30. The molecule has 1 spiro atoms. The van der Waals surface area contributed by atoms with Crippen LogP contribution in [-0.2, 0) is 5.41 Å². The number of anilines is 1. The van der Waals surface area contributed by atoms with Crippen LogP contribution in [0.15, 0.2) is 48.5 Å². The van der Waals surface area contributed by atoms with Crippen molar-refractivity contribution in [2.24, 2.45) is 0 Å². The summed E-state index contributed by atoms with van der Waals surface area (Å²) in [6.45, 7) is 6.71. The van der Waals surface area contributed by atoms with Crippen LogP contribution in [0.4, 0.5) is 5.69 Å². The lowest BCUT2D eigenvalue weighted by molar-refractivity contribution is 0.0581. The number of para-hydroxylation sites is 2. The molecule has 4 rings (SSSR count). The quantitative estimate of drug-likeness (QED) is 0.707. The van der Waals surface area contributed by atoms with Crippen LogP contribution in [0.25, 0.3) is 6.08 Å². The van der Waals surface area contributed by atoms with E-state index in [1.54, 1.807) is 0 Å².